The maximum atomic E-state index is 11.2. The number of hydrogen-bond acceptors (Lipinski definition) is 3. The summed E-state index contributed by atoms with van der Waals surface area (Å²) in [6.45, 7) is 4.80. The van der Waals surface area contributed by atoms with Crippen LogP contribution in [0.4, 0.5) is 0 Å². The Labute approximate surface area is 86.2 Å². The van der Waals surface area contributed by atoms with Crippen molar-refractivity contribution in [3.8, 4) is 0 Å². The minimum absolute atomic E-state index is 0.219. The highest BCUT2D eigenvalue weighted by molar-refractivity contribution is 5.80. The molecular weight excluding hydrogens is 180 g/mol. The first-order valence-electron chi connectivity index (χ1n) is 5.38. The molecule has 14 heavy (non-hydrogen) atoms. The standard InChI is InChI=1S/C10H22N2O2/c1-3-5-6-8-14-9(7-4-2)10(13)12-11/h9H,3-8,11H2,1-2H3,(H,12,13). The molecule has 1 atom stereocenters. The Morgan fingerprint density at radius 3 is 2.57 bits per heavy atom. The lowest BCUT2D eigenvalue weighted by molar-refractivity contribution is -0.133. The summed E-state index contributed by atoms with van der Waals surface area (Å²) in [4.78, 5) is 11.2. The van der Waals surface area contributed by atoms with Crippen molar-refractivity contribution in [2.45, 2.75) is 52.1 Å². The number of carbonyl (C=O) groups excluding carboxylic acids is 1. The molecule has 84 valence electrons. The van der Waals surface area contributed by atoms with Crippen molar-refractivity contribution in [1.29, 1.82) is 0 Å². The summed E-state index contributed by atoms with van der Waals surface area (Å²) in [5.74, 6) is 4.83. The van der Waals surface area contributed by atoms with Crippen LogP contribution in [0.25, 0.3) is 0 Å². The van der Waals surface area contributed by atoms with Crippen molar-refractivity contribution >= 4 is 5.91 Å². The number of hydrogen-bond donors (Lipinski definition) is 2. The Kier molecular flexibility index (Phi) is 8.57. The minimum Gasteiger partial charge on any atom is -0.368 e. The highest BCUT2D eigenvalue weighted by Crippen LogP contribution is 2.04. The van der Waals surface area contributed by atoms with Gasteiger partial charge in [-0.2, -0.15) is 0 Å². The fraction of sp³-hybridized carbons (Fsp3) is 0.900. The van der Waals surface area contributed by atoms with Crippen molar-refractivity contribution in [3.63, 3.8) is 0 Å². The zero-order chi connectivity index (χ0) is 10.8. The number of hydrazine groups is 1. The lowest BCUT2D eigenvalue weighted by Crippen LogP contribution is -2.40. The summed E-state index contributed by atoms with van der Waals surface area (Å²) < 4.78 is 5.45. The number of rotatable bonds is 8. The van der Waals surface area contributed by atoms with Crippen LogP contribution >= 0.6 is 0 Å². The van der Waals surface area contributed by atoms with E-state index in [0.717, 1.165) is 32.1 Å². The van der Waals surface area contributed by atoms with Crippen LogP contribution in [0.3, 0.4) is 0 Å². The first kappa shape index (κ1) is 13.4. The normalized spacial score (nSPS) is 12.5. The molecule has 0 spiro atoms. The minimum atomic E-state index is -0.373. The van der Waals surface area contributed by atoms with Gasteiger partial charge in [0.25, 0.3) is 5.91 Å². The van der Waals surface area contributed by atoms with E-state index in [1.54, 1.807) is 0 Å². The third-order valence-corrected chi connectivity index (χ3v) is 2.05. The summed E-state index contributed by atoms with van der Waals surface area (Å²) in [5.41, 5.74) is 2.13. The van der Waals surface area contributed by atoms with Crippen LogP contribution in [0.15, 0.2) is 0 Å². The third kappa shape index (κ3) is 5.94. The van der Waals surface area contributed by atoms with E-state index in [2.05, 4.69) is 12.3 Å². The zero-order valence-corrected chi connectivity index (χ0v) is 9.21. The largest absolute Gasteiger partial charge is 0.368 e. The van der Waals surface area contributed by atoms with Crippen molar-refractivity contribution < 1.29 is 9.53 Å². The Morgan fingerprint density at radius 1 is 1.36 bits per heavy atom. The van der Waals surface area contributed by atoms with Gasteiger partial charge in [0.15, 0.2) is 0 Å². The molecule has 0 aliphatic carbocycles. The average Bonchev–Trinajstić information content (AvgIpc) is 2.21. The highest BCUT2D eigenvalue weighted by atomic mass is 16.5. The molecule has 0 aliphatic rings. The second-order valence-electron chi connectivity index (χ2n) is 3.36. The molecule has 1 unspecified atom stereocenters. The molecule has 0 aromatic rings. The van der Waals surface area contributed by atoms with E-state index >= 15 is 0 Å². The molecule has 3 N–H and O–H groups in total. The van der Waals surface area contributed by atoms with Gasteiger partial charge in [-0.1, -0.05) is 33.1 Å². The second kappa shape index (κ2) is 8.97. The molecular formula is C10H22N2O2. The van der Waals surface area contributed by atoms with Gasteiger partial charge in [0, 0.05) is 6.61 Å². The zero-order valence-electron chi connectivity index (χ0n) is 9.21. The maximum Gasteiger partial charge on any atom is 0.262 e. The van der Waals surface area contributed by atoms with Crippen molar-refractivity contribution in [2.24, 2.45) is 5.84 Å². The molecule has 1 amide bonds. The summed E-state index contributed by atoms with van der Waals surface area (Å²) in [7, 11) is 0. The lowest BCUT2D eigenvalue weighted by Gasteiger charge is -2.15. The molecule has 0 bridgehead atoms. The fourth-order valence-corrected chi connectivity index (χ4v) is 1.22. The van der Waals surface area contributed by atoms with Crippen LogP contribution in [0.1, 0.15) is 46.0 Å². The Hall–Kier alpha value is -0.610. The molecule has 0 radical (unpaired) electrons. The molecule has 0 rings (SSSR count). The van der Waals surface area contributed by atoms with Crippen LogP contribution < -0.4 is 11.3 Å². The van der Waals surface area contributed by atoms with Gasteiger partial charge in [0.1, 0.15) is 6.10 Å². The monoisotopic (exact) mass is 202 g/mol. The van der Waals surface area contributed by atoms with E-state index in [1.165, 1.54) is 0 Å². The van der Waals surface area contributed by atoms with Gasteiger partial charge in [-0.05, 0) is 12.8 Å². The number of carbonyl (C=O) groups is 1. The van der Waals surface area contributed by atoms with Gasteiger partial charge in [-0.3, -0.25) is 10.2 Å². The summed E-state index contributed by atoms with van der Waals surface area (Å²) in [6.07, 6.45) is 4.59. The van der Waals surface area contributed by atoms with Crippen molar-refractivity contribution in [3.05, 3.63) is 0 Å². The number of ether oxygens (including phenoxy) is 1. The second-order valence-corrected chi connectivity index (χ2v) is 3.36. The van der Waals surface area contributed by atoms with Gasteiger partial charge >= 0.3 is 0 Å². The summed E-state index contributed by atoms with van der Waals surface area (Å²) >= 11 is 0. The predicted octanol–water partition coefficient (Wildman–Crippen LogP) is 1.35. The average molecular weight is 202 g/mol. The molecule has 0 aliphatic heterocycles. The summed E-state index contributed by atoms with van der Waals surface area (Å²) in [6, 6.07) is 0. The van der Waals surface area contributed by atoms with Crippen molar-refractivity contribution in [2.75, 3.05) is 6.61 Å². The van der Waals surface area contributed by atoms with Gasteiger partial charge in [0.05, 0.1) is 0 Å². The molecule has 4 heteroatoms. The highest BCUT2D eigenvalue weighted by Gasteiger charge is 2.16. The van der Waals surface area contributed by atoms with Crippen LogP contribution in [-0.2, 0) is 9.53 Å². The smallest absolute Gasteiger partial charge is 0.262 e. The number of nitrogens with one attached hydrogen (secondary N) is 1. The Balaban J connectivity index is 3.67. The molecule has 4 nitrogen and oxygen atoms in total. The topological polar surface area (TPSA) is 64.3 Å². The molecule has 0 saturated carbocycles. The van der Waals surface area contributed by atoms with Gasteiger partial charge in [0.2, 0.25) is 0 Å². The van der Waals surface area contributed by atoms with Gasteiger partial charge in [-0.15, -0.1) is 0 Å². The quantitative estimate of drug-likeness (QED) is 0.270. The van der Waals surface area contributed by atoms with E-state index in [-0.39, 0.29) is 12.0 Å². The Morgan fingerprint density at radius 2 is 2.07 bits per heavy atom. The molecule has 0 heterocycles. The van der Waals surface area contributed by atoms with E-state index in [0.29, 0.717) is 6.61 Å². The molecule has 0 fully saturated rings. The molecule has 0 saturated heterocycles. The van der Waals surface area contributed by atoms with Gasteiger partial charge in [-0.25, -0.2) is 5.84 Å². The predicted molar refractivity (Wildman–Crippen MR) is 56.5 cm³/mol. The van der Waals surface area contributed by atoms with Crippen LogP contribution in [0.5, 0.6) is 0 Å². The SMILES string of the molecule is CCCCCOC(CCC)C(=O)NN. The summed E-state index contributed by atoms with van der Waals surface area (Å²) in [5, 5.41) is 0. The van der Waals surface area contributed by atoms with E-state index in [4.69, 9.17) is 10.6 Å². The first-order chi connectivity index (χ1) is 6.76. The fourth-order valence-electron chi connectivity index (χ4n) is 1.22. The van der Waals surface area contributed by atoms with Crippen LogP contribution in [-0.4, -0.2) is 18.6 Å². The lowest BCUT2D eigenvalue weighted by atomic mass is 10.2. The number of amides is 1. The van der Waals surface area contributed by atoms with Gasteiger partial charge < -0.3 is 4.74 Å². The molecule has 0 aromatic heterocycles. The van der Waals surface area contributed by atoms with E-state index < -0.39 is 0 Å². The van der Waals surface area contributed by atoms with E-state index in [9.17, 15) is 4.79 Å². The number of unbranched alkanes of at least 4 members (excludes halogenated alkanes) is 2. The Bertz CT molecular complexity index is 151. The van der Waals surface area contributed by atoms with Crippen LogP contribution in [0, 0.1) is 0 Å². The number of nitrogens with two attached hydrogens (primary N) is 1. The van der Waals surface area contributed by atoms with Crippen LogP contribution in [0.2, 0.25) is 0 Å². The van der Waals surface area contributed by atoms with Crippen molar-refractivity contribution in [1.82, 2.24) is 5.43 Å². The van der Waals surface area contributed by atoms with E-state index in [1.807, 2.05) is 6.92 Å². The third-order valence-electron chi connectivity index (χ3n) is 2.05. The molecule has 0 aromatic carbocycles. The first-order valence-corrected chi connectivity index (χ1v) is 5.38. The maximum absolute atomic E-state index is 11.2.